The highest BCUT2D eigenvalue weighted by Crippen LogP contribution is 2.13. The molecule has 0 bridgehead atoms. The van der Waals surface area contributed by atoms with E-state index in [1.54, 1.807) is 24.3 Å². The number of benzene rings is 2. The molecule has 0 saturated heterocycles. The molecule has 6 heteroatoms. The molecule has 2 amide bonds. The summed E-state index contributed by atoms with van der Waals surface area (Å²) in [5.74, 6) is -0.909. The van der Waals surface area contributed by atoms with Gasteiger partial charge in [0, 0.05) is 10.7 Å². The fourth-order valence-corrected chi connectivity index (χ4v) is 1.77. The smallest absolute Gasteiger partial charge is 0.249 e. The maximum absolute atomic E-state index is 11.7. The molecule has 0 radical (unpaired) electrons. The summed E-state index contributed by atoms with van der Waals surface area (Å²) in [6.45, 7) is 0. The van der Waals surface area contributed by atoms with E-state index in [4.69, 9.17) is 11.6 Å². The summed E-state index contributed by atoms with van der Waals surface area (Å²) in [6.07, 6.45) is 1.20. The number of hydrogen-bond acceptors (Lipinski definition) is 3. The fraction of sp³-hybridized carbons (Fsp3) is 0.0625. The molecule has 112 valence electrons. The lowest BCUT2D eigenvalue weighted by atomic mass is 10.2. The third-order valence-corrected chi connectivity index (χ3v) is 2.90. The Morgan fingerprint density at radius 3 is 2.36 bits per heavy atom. The van der Waals surface area contributed by atoms with E-state index < -0.39 is 11.8 Å². The molecule has 0 fully saturated rings. The van der Waals surface area contributed by atoms with Gasteiger partial charge in [0.2, 0.25) is 11.8 Å². The molecule has 0 spiro atoms. The zero-order valence-electron chi connectivity index (χ0n) is 11.6. The first-order valence-corrected chi connectivity index (χ1v) is 6.93. The quantitative estimate of drug-likeness (QED) is 0.506. The van der Waals surface area contributed by atoms with Crippen molar-refractivity contribution < 1.29 is 9.59 Å². The van der Waals surface area contributed by atoms with E-state index in [-0.39, 0.29) is 6.42 Å². The third-order valence-electron chi connectivity index (χ3n) is 2.65. The van der Waals surface area contributed by atoms with Gasteiger partial charge in [0.25, 0.3) is 0 Å². The molecule has 0 aliphatic heterocycles. The van der Waals surface area contributed by atoms with Crippen LogP contribution in [0.25, 0.3) is 0 Å². The Kier molecular flexibility index (Phi) is 5.68. The molecule has 0 heterocycles. The van der Waals surface area contributed by atoms with E-state index in [9.17, 15) is 9.59 Å². The van der Waals surface area contributed by atoms with Crippen molar-refractivity contribution in [3.8, 4) is 0 Å². The third kappa shape index (κ3) is 5.38. The van der Waals surface area contributed by atoms with Crippen LogP contribution in [-0.4, -0.2) is 18.0 Å². The predicted octanol–water partition coefficient (Wildman–Crippen LogP) is 2.82. The highest BCUT2D eigenvalue weighted by atomic mass is 35.5. The van der Waals surface area contributed by atoms with Crippen LogP contribution in [0.3, 0.4) is 0 Å². The van der Waals surface area contributed by atoms with Crippen LogP contribution in [0.15, 0.2) is 59.7 Å². The van der Waals surface area contributed by atoms with Gasteiger partial charge in [-0.05, 0) is 29.8 Å². The number of carbonyl (C=O) groups excluding carboxylic acids is 2. The average molecular weight is 316 g/mol. The molecule has 2 aromatic carbocycles. The lowest BCUT2D eigenvalue weighted by molar-refractivity contribution is -0.126. The highest BCUT2D eigenvalue weighted by Gasteiger charge is 2.08. The van der Waals surface area contributed by atoms with Crippen LogP contribution in [0, 0.1) is 0 Å². The van der Waals surface area contributed by atoms with Crippen LogP contribution in [-0.2, 0) is 9.59 Å². The van der Waals surface area contributed by atoms with E-state index in [2.05, 4.69) is 15.8 Å². The van der Waals surface area contributed by atoms with Crippen LogP contribution in [0.1, 0.15) is 12.0 Å². The summed E-state index contributed by atoms with van der Waals surface area (Å²) >= 11 is 5.75. The standard InChI is InChI=1S/C16H14ClN3O2/c17-13-6-8-14(9-7-13)19-15(21)10-16(22)20-18-11-12-4-2-1-3-5-12/h1-9,11H,10H2,(H,19,21)(H,20,22). The number of halogens is 1. The molecule has 2 N–H and O–H groups in total. The van der Waals surface area contributed by atoms with Crippen molar-refractivity contribution in [1.29, 1.82) is 0 Å². The van der Waals surface area contributed by atoms with Crippen molar-refractivity contribution in [2.45, 2.75) is 6.42 Å². The van der Waals surface area contributed by atoms with Gasteiger partial charge in [-0.2, -0.15) is 5.10 Å². The minimum atomic E-state index is -0.487. The molecule has 22 heavy (non-hydrogen) atoms. The fourth-order valence-electron chi connectivity index (χ4n) is 1.64. The summed E-state index contributed by atoms with van der Waals surface area (Å²) in [5, 5.41) is 6.96. The Labute approximate surface area is 133 Å². The first-order chi connectivity index (χ1) is 10.6. The lowest BCUT2D eigenvalue weighted by Crippen LogP contribution is -2.24. The molecule has 5 nitrogen and oxygen atoms in total. The Hall–Kier alpha value is -2.66. The predicted molar refractivity (Wildman–Crippen MR) is 86.9 cm³/mol. The number of rotatable bonds is 5. The second-order valence-corrected chi connectivity index (χ2v) is 4.87. The van der Waals surface area contributed by atoms with Gasteiger partial charge in [-0.1, -0.05) is 41.9 Å². The maximum Gasteiger partial charge on any atom is 0.249 e. The Balaban J connectivity index is 1.78. The number of amides is 2. The van der Waals surface area contributed by atoms with Crippen LogP contribution >= 0.6 is 11.6 Å². The topological polar surface area (TPSA) is 70.6 Å². The Morgan fingerprint density at radius 1 is 1.00 bits per heavy atom. The van der Waals surface area contributed by atoms with Crippen LogP contribution in [0.5, 0.6) is 0 Å². The summed E-state index contributed by atoms with van der Waals surface area (Å²) in [7, 11) is 0. The van der Waals surface area contributed by atoms with E-state index in [1.165, 1.54) is 6.21 Å². The van der Waals surface area contributed by atoms with Gasteiger partial charge in [-0.25, -0.2) is 5.43 Å². The van der Waals surface area contributed by atoms with Gasteiger partial charge in [-0.15, -0.1) is 0 Å². The van der Waals surface area contributed by atoms with Crippen LogP contribution in [0.4, 0.5) is 5.69 Å². The Bertz CT molecular complexity index is 670. The molecule has 0 aliphatic carbocycles. The summed E-state index contributed by atoms with van der Waals surface area (Å²) < 4.78 is 0. The number of nitrogens with one attached hydrogen (secondary N) is 2. The Morgan fingerprint density at radius 2 is 1.68 bits per heavy atom. The van der Waals surface area contributed by atoms with Gasteiger partial charge >= 0.3 is 0 Å². The lowest BCUT2D eigenvalue weighted by Gasteiger charge is -2.04. The monoisotopic (exact) mass is 315 g/mol. The minimum absolute atomic E-state index is 0.311. The van der Waals surface area contributed by atoms with Gasteiger partial charge in [0.15, 0.2) is 0 Å². The number of nitrogens with zero attached hydrogens (tertiary/aromatic N) is 1. The molecule has 0 saturated carbocycles. The number of hydrazone groups is 1. The number of anilines is 1. The molecule has 0 aromatic heterocycles. The van der Waals surface area contributed by atoms with Gasteiger partial charge in [0.05, 0.1) is 6.21 Å². The van der Waals surface area contributed by atoms with Gasteiger partial charge in [-0.3, -0.25) is 9.59 Å². The molecular formula is C16H14ClN3O2. The molecule has 2 rings (SSSR count). The van der Waals surface area contributed by atoms with Crippen molar-refractivity contribution >= 4 is 35.3 Å². The van der Waals surface area contributed by atoms with Gasteiger partial charge in [0.1, 0.15) is 6.42 Å². The second kappa shape index (κ2) is 7.95. The summed E-state index contributed by atoms with van der Waals surface area (Å²) in [5.41, 5.74) is 3.74. The normalized spacial score (nSPS) is 10.4. The molecule has 0 atom stereocenters. The van der Waals surface area contributed by atoms with Crippen LogP contribution in [0.2, 0.25) is 5.02 Å². The summed E-state index contributed by atoms with van der Waals surface area (Å²) in [6, 6.07) is 15.9. The molecule has 2 aromatic rings. The van der Waals surface area contributed by atoms with Crippen molar-refractivity contribution in [3.05, 3.63) is 65.2 Å². The van der Waals surface area contributed by atoms with Gasteiger partial charge < -0.3 is 5.32 Å². The zero-order chi connectivity index (χ0) is 15.8. The maximum atomic E-state index is 11.7. The minimum Gasteiger partial charge on any atom is -0.326 e. The number of carbonyl (C=O) groups is 2. The van der Waals surface area contributed by atoms with Crippen LogP contribution < -0.4 is 10.7 Å². The van der Waals surface area contributed by atoms with Crippen molar-refractivity contribution in [3.63, 3.8) is 0 Å². The SMILES string of the molecule is O=C(CC(=O)Nc1ccc(Cl)cc1)NN=Cc1ccccc1. The highest BCUT2D eigenvalue weighted by molar-refractivity contribution is 6.30. The van der Waals surface area contributed by atoms with Crippen molar-refractivity contribution in [2.75, 3.05) is 5.32 Å². The van der Waals surface area contributed by atoms with E-state index in [0.29, 0.717) is 10.7 Å². The molecular weight excluding hydrogens is 302 g/mol. The van der Waals surface area contributed by atoms with E-state index in [1.807, 2.05) is 30.3 Å². The average Bonchev–Trinajstić information content (AvgIpc) is 2.50. The zero-order valence-corrected chi connectivity index (χ0v) is 12.4. The summed E-state index contributed by atoms with van der Waals surface area (Å²) in [4.78, 5) is 23.3. The van der Waals surface area contributed by atoms with Crippen molar-refractivity contribution in [2.24, 2.45) is 5.10 Å². The molecule has 0 aliphatic rings. The van der Waals surface area contributed by atoms with E-state index >= 15 is 0 Å². The van der Waals surface area contributed by atoms with E-state index in [0.717, 1.165) is 5.56 Å². The van der Waals surface area contributed by atoms with Crippen molar-refractivity contribution in [1.82, 2.24) is 5.43 Å². The second-order valence-electron chi connectivity index (χ2n) is 4.44. The molecule has 0 unspecified atom stereocenters. The first-order valence-electron chi connectivity index (χ1n) is 6.56. The largest absolute Gasteiger partial charge is 0.326 e. The first kappa shape index (κ1) is 15.7. The number of hydrogen-bond donors (Lipinski definition) is 2.